The van der Waals surface area contributed by atoms with Gasteiger partial charge in [0, 0.05) is 31.0 Å². The van der Waals surface area contributed by atoms with Crippen molar-refractivity contribution in [1.82, 2.24) is 9.55 Å². The number of hydrogen-bond acceptors (Lipinski definition) is 3. The first kappa shape index (κ1) is 11.6. The van der Waals surface area contributed by atoms with Gasteiger partial charge in [-0.2, -0.15) is 0 Å². The normalized spacial score (nSPS) is 24.6. The maximum Gasteiger partial charge on any atom is 0.0950 e. The van der Waals surface area contributed by atoms with Crippen LogP contribution in [0.15, 0.2) is 12.5 Å². The summed E-state index contributed by atoms with van der Waals surface area (Å²) in [5, 5.41) is 0. The van der Waals surface area contributed by atoms with E-state index in [1.54, 1.807) is 0 Å². The first-order chi connectivity index (χ1) is 7.62. The Balaban J connectivity index is 2.13. The number of hydrogen-bond donors (Lipinski definition) is 1. The highest BCUT2D eigenvalue weighted by Crippen LogP contribution is 2.32. The van der Waals surface area contributed by atoms with Crippen LogP contribution < -0.4 is 5.73 Å². The molecule has 0 amide bonds. The van der Waals surface area contributed by atoms with Gasteiger partial charge in [0.15, 0.2) is 0 Å². The molecular weight excluding hydrogens is 202 g/mol. The van der Waals surface area contributed by atoms with E-state index in [9.17, 15) is 0 Å². The molecule has 1 saturated heterocycles. The fraction of sp³-hybridized carbons (Fsp3) is 0.750. The Morgan fingerprint density at radius 2 is 2.44 bits per heavy atom. The minimum Gasteiger partial charge on any atom is -0.375 e. The molecule has 1 aliphatic rings. The zero-order valence-electron chi connectivity index (χ0n) is 10.1. The van der Waals surface area contributed by atoms with E-state index >= 15 is 0 Å². The molecule has 0 saturated carbocycles. The number of ether oxygens (including phenoxy) is 1. The molecule has 0 spiro atoms. The third-order valence-corrected chi connectivity index (χ3v) is 3.21. The Labute approximate surface area is 96.8 Å². The first-order valence-corrected chi connectivity index (χ1v) is 5.97. The summed E-state index contributed by atoms with van der Waals surface area (Å²) in [6.07, 6.45) is 6.86. The van der Waals surface area contributed by atoms with Crippen LogP contribution in [0.1, 0.15) is 38.4 Å². The fourth-order valence-electron chi connectivity index (χ4n) is 2.44. The van der Waals surface area contributed by atoms with Gasteiger partial charge >= 0.3 is 0 Å². The van der Waals surface area contributed by atoms with Crippen LogP contribution in [-0.2, 0) is 11.2 Å². The molecule has 4 heteroatoms. The Bertz CT molecular complexity index is 346. The lowest BCUT2D eigenvalue weighted by Crippen LogP contribution is -2.35. The third-order valence-electron chi connectivity index (χ3n) is 3.21. The van der Waals surface area contributed by atoms with Gasteiger partial charge in [0.2, 0.25) is 0 Å². The smallest absolute Gasteiger partial charge is 0.0950 e. The highest BCUT2D eigenvalue weighted by molar-refractivity contribution is 5.02. The van der Waals surface area contributed by atoms with E-state index in [2.05, 4.69) is 23.4 Å². The zero-order chi connectivity index (χ0) is 11.6. The summed E-state index contributed by atoms with van der Waals surface area (Å²) in [6, 6.07) is 0.507. The summed E-state index contributed by atoms with van der Waals surface area (Å²) < 4.78 is 8.01. The number of rotatable bonds is 3. The van der Waals surface area contributed by atoms with Crippen LogP contribution >= 0.6 is 0 Å². The summed E-state index contributed by atoms with van der Waals surface area (Å²) in [5.74, 6) is 0. The van der Waals surface area contributed by atoms with Crippen molar-refractivity contribution < 1.29 is 4.74 Å². The SMILES string of the molecule is CC1(C)CC(n2cncc2CCN)CCO1. The van der Waals surface area contributed by atoms with Crippen LogP contribution in [-0.4, -0.2) is 28.3 Å². The van der Waals surface area contributed by atoms with Crippen molar-refractivity contribution in [2.75, 3.05) is 13.2 Å². The van der Waals surface area contributed by atoms with Crippen molar-refractivity contribution in [3.05, 3.63) is 18.2 Å². The van der Waals surface area contributed by atoms with Crippen molar-refractivity contribution in [1.29, 1.82) is 0 Å². The molecule has 0 aromatic carbocycles. The number of imidazole rings is 1. The molecule has 1 fully saturated rings. The van der Waals surface area contributed by atoms with Gasteiger partial charge in [-0.15, -0.1) is 0 Å². The number of nitrogens with zero attached hydrogens (tertiary/aromatic N) is 2. The minimum atomic E-state index is -0.0207. The molecule has 0 radical (unpaired) electrons. The molecule has 4 nitrogen and oxygen atoms in total. The van der Waals surface area contributed by atoms with Gasteiger partial charge in [-0.05, 0) is 33.2 Å². The maximum absolute atomic E-state index is 5.73. The Morgan fingerprint density at radius 3 is 3.12 bits per heavy atom. The lowest BCUT2D eigenvalue weighted by Gasteiger charge is -2.36. The monoisotopic (exact) mass is 223 g/mol. The van der Waals surface area contributed by atoms with Crippen LogP contribution in [0, 0.1) is 0 Å². The molecule has 0 aliphatic carbocycles. The van der Waals surface area contributed by atoms with Crippen LogP contribution in [0.2, 0.25) is 0 Å². The zero-order valence-corrected chi connectivity index (χ0v) is 10.1. The molecule has 1 aromatic heterocycles. The van der Waals surface area contributed by atoms with Gasteiger partial charge in [0.25, 0.3) is 0 Å². The maximum atomic E-state index is 5.73. The summed E-state index contributed by atoms with van der Waals surface area (Å²) in [6.45, 7) is 5.81. The average Bonchev–Trinajstić information content (AvgIpc) is 2.65. The fourth-order valence-corrected chi connectivity index (χ4v) is 2.44. The minimum absolute atomic E-state index is 0.0207. The van der Waals surface area contributed by atoms with E-state index in [0.29, 0.717) is 12.6 Å². The predicted octanol–water partition coefficient (Wildman–Crippen LogP) is 1.51. The molecular formula is C12H21N3O. The molecule has 1 aromatic rings. The van der Waals surface area contributed by atoms with Crippen LogP contribution in [0.3, 0.4) is 0 Å². The number of aromatic nitrogens is 2. The van der Waals surface area contributed by atoms with Crippen molar-refractivity contribution in [3.8, 4) is 0 Å². The van der Waals surface area contributed by atoms with Crippen molar-refractivity contribution in [3.63, 3.8) is 0 Å². The largest absolute Gasteiger partial charge is 0.375 e. The summed E-state index contributed by atoms with van der Waals surface area (Å²) in [4.78, 5) is 4.23. The van der Waals surface area contributed by atoms with Crippen molar-refractivity contribution in [2.24, 2.45) is 5.73 Å². The topological polar surface area (TPSA) is 53.1 Å². The summed E-state index contributed by atoms with van der Waals surface area (Å²) >= 11 is 0. The molecule has 1 unspecified atom stereocenters. The molecule has 16 heavy (non-hydrogen) atoms. The van der Waals surface area contributed by atoms with Crippen molar-refractivity contribution >= 4 is 0 Å². The second-order valence-corrected chi connectivity index (χ2v) is 5.09. The molecule has 1 aliphatic heterocycles. The third kappa shape index (κ3) is 2.44. The highest BCUT2D eigenvalue weighted by atomic mass is 16.5. The van der Waals surface area contributed by atoms with Crippen LogP contribution in [0.5, 0.6) is 0 Å². The van der Waals surface area contributed by atoms with Gasteiger partial charge in [0.05, 0.1) is 11.9 Å². The van der Waals surface area contributed by atoms with Gasteiger partial charge in [-0.1, -0.05) is 0 Å². The second-order valence-electron chi connectivity index (χ2n) is 5.09. The van der Waals surface area contributed by atoms with Crippen molar-refractivity contribution in [2.45, 2.75) is 44.8 Å². The Kier molecular flexibility index (Phi) is 3.30. The quantitative estimate of drug-likeness (QED) is 0.845. The molecule has 1 atom stereocenters. The van der Waals surface area contributed by atoms with Gasteiger partial charge in [-0.25, -0.2) is 4.98 Å². The number of nitrogens with two attached hydrogens (primary N) is 1. The van der Waals surface area contributed by atoms with E-state index in [1.165, 1.54) is 5.69 Å². The Hall–Kier alpha value is -0.870. The van der Waals surface area contributed by atoms with E-state index < -0.39 is 0 Å². The molecule has 2 heterocycles. The molecule has 2 rings (SSSR count). The lowest BCUT2D eigenvalue weighted by molar-refractivity contribution is -0.0694. The second kappa shape index (κ2) is 4.55. The molecule has 2 N–H and O–H groups in total. The van der Waals surface area contributed by atoms with Crippen LogP contribution in [0.25, 0.3) is 0 Å². The average molecular weight is 223 g/mol. The molecule has 90 valence electrons. The van der Waals surface area contributed by atoms with E-state index in [1.807, 2.05) is 12.5 Å². The van der Waals surface area contributed by atoms with Gasteiger partial charge in [0.1, 0.15) is 0 Å². The standard InChI is InChI=1S/C12H21N3O/c1-12(2)7-10(4-6-16-12)15-9-14-8-11(15)3-5-13/h8-10H,3-7,13H2,1-2H3. The van der Waals surface area contributed by atoms with E-state index in [4.69, 9.17) is 10.5 Å². The summed E-state index contributed by atoms with van der Waals surface area (Å²) in [5.41, 5.74) is 6.83. The van der Waals surface area contributed by atoms with E-state index in [0.717, 1.165) is 25.9 Å². The molecule has 0 bridgehead atoms. The lowest BCUT2D eigenvalue weighted by atomic mass is 9.93. The van der Waals surface area contributed by atoms with Gasteiger partial charge < -0.3 is 15.0 Å². The van der Waals surface area contributed by atoms with Crippen LogP contribution in [0.4, 0.5) is 0 Å². The Morgan fingerprint density at radius 1 is 1.62 bits per heavy atom. The first-order valence-electron chi connectivity index (χ1n) is 5.97. The predicted molar refractivity (Wildman–Crippen MR) is 63.3 cm³/mol. The van der Waals surface area contributed by atoms with E-state index in [-0.39, 0.29) is 5.60 Å². The summed E-state index contributed by atoms with van der Waals surface area (Å²) in [7, 11) is 0. The van der Waals surface area contributed by atoms with Gasteiger partial charge in [-0.3, -0.25) is 0 Å². The highest BCUT2D eigenvalue weighted by Gasteiger charge is 2.30.